The molecule has 3 aromatic rings. The third-order valence-electron chi connectivity index (χ3n) is 4.05. The number of nitrogens with one attached hydrogen (secondary N) is 3. The van der Waals surface area contributed by atoms with Crippen LogP contribution in [0.4, 0.5) is 17.1 Å². The van der Waals surface area contributed by atoms with Gasteiger partial charge in [-0.2, -0.15) is 0 Å². The van der Waals surface area contributed by atoms with Crippen molar-refractivity contribution in [1.82, 2.24) is 0 Å². The van der Waals surface area contributed by atoms with E-state index >= 15 is 0 Å². The minimum absolute atomic E-state index is 0.0428. The maximum Gasteiger partial charge on any atom is 0.255 e. The van der Waals surface area contributed by atoms with E-state index in [4.69, 9.17) is 0 Å². The van der Waals surface area contributed by atoms with Gasteiger partial charge in [0, 0.05) is 11.3 Å². The van der Waals surface area contributed by atoms with Crippen LogP contribution in [0.25, 0.3) is 0 Å². The summed E-state index contributed by atoms with van der Waals surface area (Å²) in [7, 11) is 0. The lowest BCUT2D eigenvalue weighted by molar-refractivity contribution is 0.102. The van der Waals surface area contributed by atoms with Crippen LogP contribution in [-0.4, -0.2) is 5.91 Å². The number of fused-ring (bicyclic) bond motifs is 1. The molecule has 0 bridgehead atoms. The summed E-state index contributed by atoms with van der Waals surface area (Å²) >= 11 is 0. The van der Waals surface area contributed by atoms with E-state index in [-0.39, 0.29) is 12.1 Å². The van der Waals surface area contributed by atoms with Crippen molar-refractivity contribution in [2.45, 2.75) is 6.17 Å². The Morgan fingerprint density at radius 1 is 0.792 bits per heavy atom. The monoisotopic (exact) mass is 315 g/mol. The van der Waals surface area contributed by atoms with Crippen LogP contribution in [-0.2, 0) is 0 Å². The van der Waals surface area contributed by atoms with E-state index in [0.717, 1.165) is 17.1 Å². The third kappa shape index (κ3) is 2.82. The standard InChI is InChI=1S/C20H17N3O/c24-20(15-9-5-2-6-10-15)21-16-11-12-17-18(13-16)23-19(22-17)14-7-3-1-4-8-14/h1-13,19,22-23H,(H,21,24). The normalized spacial score (nSPS) is 15.1. The van der Waals surface area contributed by atoms with E-state index in [2.05, 4.69) is 28.1 Å². The molecule has 1 aliphatic heterocycles. The van der Waals surface area contributed by atoms with E-state index < -0.39 is 0 Å². The Balaban J connectivity index is 1.51. The van der Waals surface area contributed by atoms with Crippen molar-refractivity contribution >= 4 is 23.0 Å². The molecule has 0 aliphatic carbocycles. The zero-order chi connectivity index (χ0) is 16.4. The molecule has 1 unspecified atom stereocenters. The fourth-order valence-electron chi connectivity index (χ4n) is 2.82. The van der Waals surface area contributed by atoms with Gasteiger partial charge in [-0.25, -0.2) is 0 Å². The highest BCUT2D eigenvalue weighted by molar-refractivity contribution is 6.04. The summed E-state index contributed by atoms with van der Waals surface area (Å²) in [6, 6.07) is 25.2. The summed E-state index contributed by atoms with van der Waals surface area (Å²) in [6.07, 6.45) is 0.0428. The van der Waals surface area contributed by atoms with Crippen LogP contribution in [0.2, 0.25) is 0 Å². The van der Waals surface area contributed by atoms with Gasteiger partial charge in [0.2, 0.25) is 0 Å². The van der Waals surface area contributed by atoms with Gasteiger partial charge in [-0.15, -0.1) is 0 Å². The number of carbonyl (C=O) groups is 1. The molecular weight excluding hydrogens is 298 g/mol. The fourth-order valence-corrected chi connectivity index (χ4v) is 2.82. The third-order valence-corrected chi connectivity index (χ3v) is 4.05. The quantitative estimate of drug-likeness (QED) is 0.668. The molecule has 1 amide bonds. The largest absolute Gasteiger partial charge is 0.360 e. The van der Waals surface area contributed by atoms with Crippen LogP contribution in [0.1, 0.15) is 22.1 Å². The Bertz CT molecular complexity index is 863. The van der Waals surface area contributed by atoms with E-state index in [1.807, 2.05) is 54.6 Å². The molecule has 0 fully saturated rings. The highest BCUT2D eigenvalue weighted by Crippen LogP contribution is 2.36. The van der Waals surface area contributed by atoms with Crippen LogP contribution in [0, 0.1) is 0 Å². The van der Waals surface area contributed by atoms with Gasteiger partial charge >= 0.3 is 0 Å². The number of rotatable bonds is 3. The van der Waals surface area contributed by atoms with Gasteiger partial charge in [0.15, 0.2) is 0 Å². The number of anilines is 3. The predicted octanol–water partition coefficient (Wildman–Crippen LogP) is 4.48. The van der Waals surface area contributed by atoms with Crippen molar-refractivity contribution in [1.29, 1.82) is 0 Å². The molecule has 4 nitrogen and oxygen atoms in total. The van der Waals surface area contributed by atoms with Crippen molar-refractivity contribution in [3.05, 3.63) is 90.0 Å². The molecule has 3 aromatic carbocycles. The molecule has 1 heterocycles. The predicted molar refractivity (Wildman–Crippen MR) is 97.3 cm³/mol. The summed E-state index contributed by atoms with van der Waals surface area (Å²) in [5.74, 6) is -0.110. The number of hydrogen-bond donors (Lipinski definition) is 3. The van der Waals surface area contributed by atoms with E-state index in [1.165, 1.54) is 5.56 Å². The fraction of sp³-hybridized carbons (Fsp3) is 0.0500. The first-order valence-corrected chi connectivity index (χ1v) is 7.88. The van der Waals surface area contributed by atoms with Crippen molar-refractivity contribution in [3.63, 3.8) is 0 Å². The van der Waals surface area contributed by atoms with Crippen LogP contribution in [0.15, 0.2) is 78.9 Å². The minimum atomic E-state index is -0.110. The molecule has 1 aliphatic rings. The smallest absolute Gasteiger partial charge is 0.255 e. The Hall–Kier alpha value is -3.27. The molecule has 0 radical (unpaired) electrons. The molecule has 4 heteroatoms. The van der Waals surface area contributed by atoms with Gasteiger partial charge < -0.3 is 16.0 Å². The molecule has 0 saturated carbocycles. The first-order chi connectivity index (χ1) is 11.8. The van der Waals surface area contributed by atoms with Crippen molar-refractivity contribution in [2.24, 2.45) is 0 Å². The van der Waals surface area contributed by atoms with E-state index in [0.29, 0.717) is 5.56 Å². The average molecular weight is 315 g/mol. The Morgan fingerprint density at radius 2 is 1.46 bits per heavy atom. The molecule has 0 aromatic heterocycles. The number of hydrogen-bond acceptors (Lipinski definition) is 3. The van der Waals surface area contributed by atoms with Crippen LogP contribution in [0.3, 0.4) is 0 Å². The van der Waals surface area contributed by atoms with E-state index in [9.17, 15) is 4.79 Å². The van der Waals surface area contributed by atoms with Crippen molar-refractivity contribution in [2.75, 3.05) is 16.0 Å². The number of benzene rings is 3. The Labute approximate surface area is 140 Å². The second-order valence-corrected chi connectivity index (χ2v) is 5.71. The van der Waals surface area contributed by atoms with Crippen LogP contribution < -0.4 is 16.0 Å². The molecule has 118 valence electrons. The van der Waals surface area contributed by atoms with Gasteiger partial charge in [0.1, 0.15) is 6.17 Å². The summed E-state index contributed by atoms with van der Waals surface area (Å²) < 4.78 is 0. The van der Waals surface area contributed by atoms with Gasteiger partial charge in [-0.1, -0.05) is 48.5 Å². The molecule has 0 spiro atoms. The highest BCUT2D eigenvalue weighted by Gasteiger charge is 2.21. The second kappa shape index (κ2) is 6.08. The lowest BCUT2D eigenvalue weighted by atomic mass is 10.2. The summed E-state index contributed by atoms with van der Waals surface area (Å²) in [5, 5.41) is 9.82. The molecule has 3 N–H and O–H groups in total. The van der Waals surface area contributed by atoms with Crippen molar-refractivity contribution in [3.8, 4) is 0 Å². The number of carbonyl (C=O) groups excluding carboxylic acids is 1. The highest BCUT2D eigenvalue weighted by atomic mass is 16.1. The number of amides is 1. The van der Waals surface area contributed by atoms with Gasteiger partial charge in [0.05, 0.1) is 11.4 Å². The Kier molecular flexibility index (Phi) is 3.63. The summed E-state index contributed by atoms with van der Waals surface area (Å²) in [5.41, 5.74) is 4.59. The minimum Gasteiger partial charge on any atom is -0.360 e. The lowest BCUT2D eigenvalue weighted by Gasteiger charge is -2.12. The maximum atomic E-state index is 12.3. The SMILES string of the molecule is O=C(Nc1ccc2c(c1)NC(c1ccccc1)N2)c1ccccc1. The second-order valence-electron chi connectivity index (χ2n) is 5.71. The molecule has 0 saturated heterocycles. The average Bonchev–Trinajstić information content (AvgIpc) is 3.06. The van der Waals surface area contributed by atoms with Gasteiger partial charge in [-0.05, 0) is 35.9 Å². The van der Waals surface area contributed by atoms with Gasteiger partial charge in [-0.3, -0.25) is 4.79 Å². The molecule has 1 atom stereocenters. The lowest BCUT2D eigenvalue weighted by Crippen LogP contribution is -2.12. The van der Waals surface area contributed by atoms with Crippen molar-refractivity contribution < 1.29 is 4.79 Å². The summed E-state index contributed by atoms with van der Waals surface area (Å²) in [6.45, 7) is 0. The molecule has 4 rings (SSSR count). The van der Waals surface area contributed by atoms with E-state index in [1.54, 1.807) is 12.1 Å². The molecular formula is C20H17N3O. The van der Waals surface area contributed by atoms with Crippen LogP contribution >= 0.6 is 0 Å². The van der Waals surface area contributed by atoms with Gasteiger partial charge in [0.25, 0.3) is 5.91 Å². The van der Waals surface area contributed by atoms with Crippen LogP contribution in [0.5, 0.6) is 0 Å². The molecule has 24 heavy (non-hydrogen) atoms. The zero-order valence-corrected chi connectivity index (χ0v) is 13.0. The first kappa shape index (κ1) is 14.3. The Morgan fingerprint density at radius 3 is 2.21 bits per heavy atom. The maximum absolute atomic E-state index is 12.3. The topological polar surface area (TPSA) is 53.2 Å². The zero-order valence-electron chi connectivity index (χ0n) is 13.0. The summed E-state index contributed by atoms with van der Waals surface area (Å²) in [4.78, 5) is 12.3. The first-order valence-electron chi connectivity index (χ1n) is 7.88.